The van der Waals surface area contributed by atoms with Crippen LogP contribution in [0, 0.1) is 0 Å². The Bertz CT molecular complexity index is 722. The molecule has 0 saturated carbocycles. The van der Waals surface area contributed by atoms with Gasteiger partial charge in [0.2, 0.25) is 5.91 Å². The number of fused-ring (bicyclic) bond motifs is 1. The summed E-state index contributed by atoms with van der Waals surface area (Å²) in [6.45, 7) is 0. The molecule has 0 saturated heterocycles. The molecule has 1 amide bonds. The largest absolute Gasteiger partial charge is 0.309 e. The first kappa shape index (κ1) is 12.7. The number of rotatable bonds is 4. The van der Waals surface area contributed by atoms with Gasteiger partial charge in [0.25, 0.3) is 0 Å². The molecule has 1 N–H and O–H groups in total. The van der Waals surface area contributed by atoms with Crippen molar-refractivity contribution >= 4 is 34.1 Å². The summed E-state index contributed by atoms with van der Waals surface area (Å²) in [4.78, 5) is 24.5. The highest BCUT2D eigenvalue weighted by Gasteiger charge is 2.08. The Labute approximate surface area is 119 Å². The summed E-state index contributed by atoms with van der Waals surface area (Å²) < 4.78 is 0. The van der Waals surface area contributed by atoms with Crippen molar-refractivity contribution < 1.29 is 4.79 Å². The van der Waals surface area contributed by atoms with Gasteiger partial charge >= 0.3 is 0 Å². The number of carbonyl (C=O) groups excluding carboxylic acids is 1. The minimum atomic E-state index is -0.0677. The van der Waals surface area contributed by atoms with Crippen molar-refractivity contribution in [2.24, 2.45) is 0 Å². The first-order chi connectivity index (χ1) is 9.83. The van der Waals surface area contributed by atoms with Gasteiger partial charge in [0, 0.05) is 25.0 Å². The number of aryl methyl sites for hydroxylation is 1. The second kappa shape index (κ2) is 5.75. The number of hydrogen-bond acceptors (Lipinski definition) is 5. The Balaban J connectivity index is 1.71. The van der Waals surface area contributed by atoms with E-state index < -0.39 is 0 Å². The highest BCUT2D eigenvalue weighted by Crippen LogP contribution is 2.16. The molecule has 3 aromatic rings. The lowest BCUT2D eigenvalue weighted by Crippen LogP contribution is -2.13. The molecular formula is C14H12N4OS. The first-order valence-electron chi connectivity index (χ1n) is 6.19. The van der Waals surface area contributed by atoms with Gasteiger partial charge in [-0.2, -0.15) is 11.3 Å². The van der Waals surface area contributed by atoms with Gasteiger partial charge in [0.15, 0.2) is 5.82 Å². The van der Waals surface area contributed by atoms with Crippen molar-refractivity contribution in [1.82, 2.24) is 15.0 Å². The number of aromatic nitrogens is 3. The molecule has 0 bridgehead atoms. The predicted octanol–water partition coefficient (Wildman–Crippen LogP) is 2.66. The van der Waals surface area contributed by atoms with E-state index in [-0.39, 0.29) is 5.91 Å². The van der Waals surface area contributed by atoms with Gasteiger partial charge in [-0.15, -0.1) is 0 Å². The summed E-state index contributed by atoms with van der Waals surface area (Å²) in [6, 6.07) is 3.79. The lowest BCUT2D eigenvalue weighted by atomic mass is 10.2. The maximum Gasteiger partial charge on any atom is 0.225 e. The Morgan fingerprint density at radius 1 is 1.15 bits per heavy atom. The van der Waals surface area contributed by atoms with Crippen LogP contribution in [0.5, 0.6) is 0 Å². The minimum absolute atomic E-state index is 0.0677. The number of hydrogen-bond donors (Lipinski definition) is 1. The quantitative estimate of drug-likeness (QED) is 0.799. The third kappa shape index (κ3) is 2.80. The fourth-order valence-electron chi connectivity index (χ4n) is 1.88. The van der Waals surface area contributed by atoms with Crippen LogP contribution >= 0.6 is 11.3 Å². The monoisotopic (exact) mass is 284 g/mol. The van der Waals surface area contributed by atoms with Crippen molar-refractivity contribution in [3.05, 3.63) is 47.0 Å². The van der Waals surface area contributed by atoms with Crippen molar-refractivity contribution in [3.63, 3.8) is 0 Å². The molecule has 0 spiro atoms. The Morgan fingerprint density at radius 2 is 2.05 bits per heavy atom. The van der Waals surface area contributed by atoms with E-state index in [0.29, 0.717) is 17.8 Å². The fourth-order valence-corrected chi connectivity index (χ4v) is 2.58. The fraction of sp³-hybridized carbons (Fsp3) is 0.143. The Hall–Kier alpha value is -2.34. The molecule has 3 rings (SSSR count). The standard InChI is InChI=1S/C14H12N4OS/c19-12(2-1-10-4-8-20-9-10)18-14-13-11(3-5-17-14)15-6-7-16-13/h3-9H,1-2H2,(H,17,18,19). The van der Waals surface area contributed by atoms with Crippen LogP contribution in [0.25, 0.3) is 11.0 Å². The number of pyridine rings is 1. The number of nitrogens with zero attached hydrogens (tertiary/aromatic N) is 3. The van der Waals surface area contributed by atoms with Gasteiger partial charge in [0.1, 0.15) is 5.52 Å². The lowest BCUT2D eigenvalue weighted by molar-refractivity contribution is -0.116. The van der Waals surface area contributed by atoms with E-state index in [1.807, 2.05) is 11.4 Å². The molecule has 0 radical (unpaired) electrons. The van der Waals surface area contributed by atoms with Crippen molar-refractivity contribution in [2.45, 2.75) is 12.8 Å². The number of nitrogens with one attached hydrogen (secondary N) is 1. The number of anilines is 1. The molecule has 0 fully saturated rings. The topological polar surface area (TPSA) is 67.8 Å². The number of thiophene rings is 1. The molecule has 3 aromatic heterocycles. The van der Waals surface area contributed by atoms with Crippen LogP contribution in [0.15, 0.2) is 41.5 Å². The average Bonchev–Trinajstić information content (AvgIpc) is 2.99. The number of amides is 1. The highest BCUT2D eigenvalue weighted by molar-refractivity contribution is 7.07. The predicted molar refractivity (Wildman–Crippen MR) is 78.6 cm³/mol. The van der Waals surface area contributed by atoms with Crippen LogP contribution in [0.4, 0.5) is 5.82 Å². The summed E-state index contributed by atoms with van der Waals surface area (Å²) in [5.74, 6) is 0.396. The van der Waals surface area contributed by atoms with Crippen LogP contribution in [0.2, 0.25) is 0 Å². The lowest BCUT2D eigenvalue weighted by Gasteiger charge is -2.06. The van der Waals surface area contributed by atoms with Crippen molar-refractivity contribution in [1.29, 1.82) is 0 Å². The van der Waals surface area contributed by atoms with Gasteiger partial charge in [-0.1, -0.05) is 0 Å². The third-order valence-electron chi connectivity index (χ3n) is 2.87. The Morgan fingerprint density at radius 3 is 2.90 bits per heavy atom. The van der Waals surface area contributed by atoms with Crippen molar-refractivity contribution in [2.75, 3.05) is 5.32 Å². The summed E-state index contributed by atoms with van der Waals surface area (Å²) in [5.41, 5.74) is 2.50. The van der Waals surface area contributed by atoms with Crippen LogP contribution in [-0.4, -0.2) is 20.9 Å². The second-order valence-corrected chi connectivity index (χ2v) is 5.04. The maximum absolute atomic E-state index is 12.0. The normalized spacial score (nSPS) is 10.6. The molecular weight excluding hydrogens is 272 g/mol. The maximum atomic E-state index is 12.0. The molecule has 6 heteroatoms. The minimum Gasteiger partial charge on any atom is -0.309 e. The third-order valence-corrected chi connectivity index (χ3v) is 3.60. The van der Waals surface area contributed by atoms with Crippen LogP contribution in [0.1, 0.15) is 12.0 Å². The molecule has 0 unspecified atom stereocenters. The zero-order valence-electron chi connectivity index (χ0n) is 10.6. The SMILES string of the molecule is O=C(CCc1ccsc1)Nc1nccc2nccnc12. The van der Waals surface area contributed by atoms with Gasteiger partial charge in [-0.05, 0) is 34.9 Å². The zero-order chi connectivity index (χ0) is 13.8. The van der Waals surface area contributed by atoms with Crippen LogP contribution in [0.3, 0.4) is 0 Å². The highest BCUT2D eigenvalue weighted by atomic mass is 32.1. The van der Waals surface area contributed by atoms with Gasteiger partial charge in [-0.25, -0.2) is 9.97 Å². The Kier molecular flexibility index (Phi) is 3.64. The van der Waals surface area contributed by atoms with Crippen LogP contribution in [-0.2, 0) is 11.2 Å². The second-order valence-electron chi connectivity index (χ2n) is 4.26. The van der Waals surface area contributed by atoms with E-state index in [9.17, 15) is 4.79 Å². The molecule has 3 heterocycles. The van der Waals surface area contributed by atoms with E-state index in [1.54, 1.807) is 36.0 Å². The first-order valence-corrected chi connectivity index (χ1v) is 7.14. The molecule has 100 valence electrons. The van der Waals surface area contributed by atoms with Gasteiger partial charge in [-0.3, -0.25) is 9.78 Å². The average molecular weight is 284 g/mol. The molecule has 5 nitrogen and oxygen atoms in total. The van der Waals surface area contributed by atoms with E-state index in [0.717, 1.165) is 11.9 Å². The van der Waals surface area contributed by atoms with E-state index in [2.05, 4.69) is 25.6 Å². The molecule has 0 atom stereocenters. The van der Waals surface area contributed by atoms with Gasteiger partial charge < -0.3 is 5.32 Å². The van der Waals surface area contributed by atoms with Crippen LogP contribution < -0.4 is 5.32 Å². The molecule has 0 aliphatic carbocycles. The van der Waals surface area contributed by atoms with Crippen molar-refractivity contribution in [3.8, 4) is 0 Å². The summed E-state index contributed by atoms with van der Waals surface area (Å²) in [6.07, 6.45) is 5.97. The molecule has 0 aliphatic heterocycles. The summed E-state index contributed by atoms with van der Waals surface area (Å²) in [5, 5.41) is 6.86. The smallest absolute Gasteiger partial charge is 0.225 e. The number of carbonyl (C=O) groups is 1. The molecule has 0 aliphatic rings. The zero-order valence-corrected chi connectivity index (χ0v) is 11.4. The molecule has 0 aromatic carbocycles. The van der Waals surface area contributed by atoms with E-state index in [4.69, 9.17) is 0 Å². The van der Waals surface area contributed by atoms with E-state index in [1.165, 1.54) is 5.56 Å². The van der Waals surface area contributed by atoms with E-state index >= 15 is 0 Å². The molecule has 20 heavy (non-hydrogen) atoms. The summed E-state index contributed by atoms with van der Waals surface area (Å²) >= 11 is 1.63. The summed E-state index contributed by atoms with van der Waals surface area (Å²) in [7, 11) is 0. The van der Waals surface area contributed by atoms with Gasteiger partial charge in [0.05, 0.1) is 5.52 Å².